The summed E-state index contributed by atoms with van der Waals surface area (Å²) in [6, 6.07) is 10.6. The van der Waals surface area contributed by atoms with Gasteiger partial charge in [0.2, 0.25) is 5.75 Å². The van der Waals surface area contributed by atoms with Crippen LogP contribution in [-0.2, 0) is 13.0 Å². The van der Waals surface area contributed by atoms with Gasteiger partial charge < -0.3 is 19.5 Å². The van der Waals surface area contributed by atoms with Crippen LogP contribution in [0.2, 0.25) is 0 Å². The van der Waals surface area contributed by atoms with Gasteiger partial charge >= 0.3 is 0 Å². The Morgan fingerprint density at radius 2 is 1.61 bits per heavy atom. The third kappa shape index (κ3) is 4.13. The molecule has 2 aromatic carbocycles. The van der Waals surface area contributed by atoms with E-state index in [0.29, 0.717) is 42.3 Å². The molecule has 0 unspecified atom stereocenters. The molecule has 0 radical (unpaired) electrons. The van der Waals surface area contributed by atoms with E-state index in [4.69, 9.17) is 14.2 Å². The van der Waals surface area contributed by atoms with Gasteiger partial charge in [0.15, 0.2) is 11.5 Å². The molecule has 0 aliphatic carbocycles. The van der Waals surface area contributed by atoms with Crippen molar-refractivity contribution >= 4 is 0 Å². The molecule has 0 atom stereocenters. The van der Waals surface area contributed by atoms with E-state index in [-0.39, 0.29) is 5.82 Å². The van der Waals surface area contributed by atoms with Crippen LogP contribution in [0.15, 0.2) is 36.4 Å². The molecule has 5 heteroatoms. The topological polar surface area (TPSA) is 39.7 Å². The molecule has 23 heavy (non-hydrogen) atoms. The van der Waals surface area contributed by atoms with Gasteiger partial charge in [-0.05, 0) is 30.7 Å². The number of methoxy groups -OCH3 is 3. The lowest BCUT2D eigenvalue weighted by atomic mass is 10.1. The predicted molar refractivity (Wildman–Crippen MR) is 87.9 cm³/mol. The normalized spacial score (nSPS) is 10.4. The van der Waals surface area contributed by atoms with Gasteiger partial charge in [-0.25, -0.2) is 4.39 Å². The SMILES string of the molecule is COc1ccc(CNCCc2ccccc2F)c(OC)c1OC. The van der Waals surface area contributed by atoms with E-state index in [9.17, 15) is 4.39 Å². The van der Waals surface area contributed by atoms with E-state index in [1.165, 1.54) is 6.07 Å². The van der Waals surface area contributed by atoms with Gasteiger partial charge in [0.1, 0.15) is 5.82 Å². The second-order valence-electron chi connectivity index (χ2n) is 5.01. The fourth-order valence-electron chi connectivity index (χ4n) is 2.45. The third-order valence-electron chi connectivity index (χ3n) is 3.63. The van der Waals surface area contributed by atoms with Gasteiger partial charge in [0, 0.05) is 12.1 Å². The van der Waals surface area contributed by atoms with Crippen molar-refractivity contribution in [3.05, 3.63) is 53.3 Å². The molecule has 0 aromatic heterocycles. The number of halogens is 1. The second kappa shape index (κ2) is 8.39. The van der Waals surface area contributed by atoms with Crippen molar-refractivity contribution in [2.24, 2.45) is 0 Å². The Morgan fingerprint density at radius 1 is 0.870 bits per heavy atom. The van der Waals surface area contributed by atoms with Gasteiger partial charge in [-0.15, -0.1) is 0 Å². The molecule has 0 bridgehead atoms. The molecule has 0 fully saturated rings. The average molecular weight is 319 g/mol. The summed E-state index contributed by atoms with van der Waals surface area (Å²) in [5.74, 6) is 1.67. The monoisotopic (exact) mass is 319 g/mol. The number of benzene rings is 2. The first kappa shape index (κ1) is 17.1. The zero-order chi connectivity index (χ0) is 16.7. The molecule has 0 spiro atoms. The van der Waals surface area contributed by atoms with Crippen molar-refractivity contribution in [2.75, 3.05) is 27.9 Å². The minimum absolute atomic E-state index is 0.169. The third-order valence-corrected chi connectivity index (χ3v) is 3.63. The van der Waals surface area contributed by atoms with E-state index >= 15 is 0 Å². The molecule has 2 aromatic rings. The Morgan fingerprint density at radius 3 is 2.26 bits per heavy atom. The van der Waals surface area contributed by atoms with Crippen LogP contribution < -0.4 is 19.5 Å². The fourth-order valence-corrected chi connectivity index (χ4v) is 2.45. The summed E-state index contributed by atoms with van der Waals surface area (Å²) in [4.78, 5) is 0. The number of rotatable bonds is 8. The first-order valence-corrected chi connectivity index (χ1v) is 7.43. The summed E-state index contributed by atoms with van der Waals surface area (Å²) in [5.41, 5.74) is 1.66. The van der Waals surface area contributed by atoms with Crippen molar-refractivity contribution in [1.82, 2.24) is 5.32 Å². The fraction of sp³-hybridized carbons (Fsp3) is 0.333. The molecule has 0 saturated heterocycles. The molecule has 0 amide bonds. The van der Waals surface area contributed by atoms with Crippen molar-refractivity contribution < 1.29 is 18.6 Å². The Balaban J connectivity index is 1.99. The molecular formula is C18H22FNO3. The lowest BCUT2D eigenvalue weighted by Crippen LogP contribution is -2.17. The van der Waals surface area contributed by atoms with Crippen molar-refractivity contribution in [2.45, 2.75) is 13.0 Å². The van der Waals surface area contributed by atoms with Crippen molar-refractivity contribution in [1.29, 1.82) is 0 Å². The summed E-state index contributed by atoms with van der Waals surface area (Å²) < 4.78 is 29.6. The maximum absolute atomic E-state index is 13.6. The van der Waals surface area contributed by atoms with Gasteiger partial charge in [-0.2, -0.15) is 0 Å². The standard InChI is InChI=1S/C18H22FNO3/c1-21-16-9-8-14(17(22-2)18(16)23-3)12-20-11-10-13-6-4-5-7-15(13)19/h4-9,20H,10-12H2,1-3H3. The highest BCUT2D eigenvalue weighted by atomic mass is 19.1. The average Bonchev–Trinajstić information content (AvgIpc) is 2.59. The zero-order valence-electron chi connectivity index (χ0n) is 13.7. The van der Waals surface area contributed by atoms with E-state index < -0.39 is 0 Å². The molecule has 0 saturated carbocycles. The van der Waals surface area contributed by atoms with Crippen molar-refractivity contribution in [3.63, 3.8) is 0 Å². The van der Waals surface area contributed by atoms with E-state index in [2.05, 4.69) is 5.32 Å². The number of nitrogens with one attached hydrogen (secondary N) is 1. The summed E-state index contributed by atoms with van der Waals surface area (Å²) in [7, 11) is 4.76. The van der Waals surface area contributed by atoms with Gasteiger partial charge in [0.25, 0.3) is 0 Å². The van der Waals surface area contributed by atoms with E-state index in [1.54, 1.807) is 33.5 Å². The Hall–Kier alpha value is -2.27. The highest BCUT2D eigenvalue weighted by Crippen LogP contribution is 2.39. The molecule has 0 aliphatic rings. The minimum Gasteiger partial charge on any atom is -0.493 e. The molecule has 4 nitrogen and oxygen atoms in total. The lowest BCUT2D eigenvalue weighted by molar-refractivity contribution is 0.321. The van der Waals surface area contributed by atoms with Crippen LogP contribution >= 0.6 is 0 Å². The molecule has 0 heterocycles. The van der Waals surface area contributed by atoms with E-state index in [1.807, 2.05) is 18.2 Å². The van der Waals surface area contributed by atoms with Gasteiger partial charge in [-0.3, -0.25) is 0 Å². The van der Waals surface area contributed by atoms with Crippen LogP contribution in [0.5, 0.6) is 17.2 Å². The quantitative estimate of drug-likeness (QED) is 0.759. The van der Waals surface area contributed by atoms with Crippen LogP contribution in [0, 0.1) is 5.82 Å². The maximum Gasteiger partial charge on any atom is 0.203 e. The predicted octanol–water partition coefficient (Wildman–Crippen LogP) is 3.18. The summed E-state index contributed by atoms with van der Waals surface area (Å²) >= 11 is 0. The zero-order valence-corrected chi connectivity index (χ0v) is 13.7. The summed E-state index contributed by atoms with van der Waals surface area (Å²) in [6.07, 6.45) is 0.627. The van der Waals surface area contributed by atoms with Crippen LogP contribution in [0.25, 0.3) is 0 Å². The second-order valence-corrected chi connectivity index (χ2v) is 5.01. The highest BCUT2D eigenvalue weighted by Gasteiger charge is 2.15. The largest absolute Gasteiger partial charge is 0.493 e. The highest BCUT2D eigenvalue weighted by molar-refractivity contribution is 5.55. The molecule has 124 valence electrons. The summed E-state index contributed by atoms with van der Waals surface area (Å²) in [6.45, 7) is 1.26. The van der Waals surface area contributed by atoms with Crippen LogP contribution in [0.3, 0.4) is 0 Å². The van der Waals surface area contributed by atoms with E-state index in [0.717, 1.165) is 5.56 Å². The Bertz CT molecular complexity index is 646. The Labute approximate surface area is 136 Å². The Kier molecular flexibility index (Phi) is 6.23. The first-order valence-electron chi connectivity index (χ1n) is 7.43. The molecule has 2 rings (SSSR count). The molecule has 0 aliphatic heterocycles. The molecular weight excluding hydrogens is 297 g/mol. The van der Waals surface area contributed by atoms with Gasteiger partial charge in [0.05, 0.1) is 21.3 Å². The van der Waals surface area contributed by atoms with Crippen LogP contribution in [-0.4, -0.2) is 27.9 Å². The smallest absolute Gasteiger partial charge is 0.203 e. The van der Waals surface area contributed by atoms with Crippen molar-refractivity contribution in [3.8, 4) is 17.2 Å². The first-order chi connectivity index (χ1) is 11.2. The number of hydrogen-bond donors (Lipinski definition) is 1. The number of ether oxygens (including phenoxy) is 3. The lowest BCUT2D eigenvalue weighted by Gasteiger charge is -2.16. The maximum atomic E-state index is 13.6. The summed E-state index contributed by atoms with van der Waals surface area (Å²) in [5, 5.41) is 3.30. The number of hydrogen-bond acceptors (Lipinski definition) is 4. The molecule has 1 N–H and O–H groups in total. The minimum atomic E-state index is -0.169. The van der Waals surface area contributed by atoms with Crippen LogP contribution in [0.4, 0.5) is 4.39 Å². The van der Waals surface area contributed by atoms with Gasteiger partial charge in [-0.1, -0.05) is 24.3 Å². The van der Waals surface area contributed by atoms with Crippen LogP contribution in [0.1, 0.15) is 11.1 Å².